The number of aromatic nitrogens is 1. The zero-order valence-electron chi connectivity index (χ0n) is 19.5. The predicted molar refractivity (Wildman–Crippen MR) is 126 cm³/mol. The lowest BCUT2D eigenvalue weighted by atomic mass is 9.74. The van der Waals surface area contributed by atoms with Gasteiger partial charge in [-0.1, -0.05) is 52.0 Å². The molecule has 3 N–H and O–H groups in total. The Labute approximate surface area is 194 Å². The van der Waals surface area contributed by atoms with Crippen LogP contribution in [0.3, 0.4) is 0 Å². The molecule has 0 spiro atoms. The van der Waals surface area contributed by atoms with Crippen LogP contribution < -0.4 is 5.32 Å². The van der Waals surface area contributed by atoms with Crippen molar-refractivity contribution in [2.75, 3.05) is 6.61 Å². The fourth-order valence-electron chi connectivity index (χ4n) is 4.32. The fraction of sp³-hybridized carbons (Fsp3) is 0.560. The van der Waals surface area contributed by atoms with Gasteiger partial charge in [-0.25, -0.2) is 4.98 Å². The van der Waals surface area contributed by atoms with Crippen molar-refractivity contribution in [1.82, 2.24) is 10.3 Å². The van der Waals surface area contributed by atoms with Crippen LogP contribution in [0.15, 0.2) is 29.8 Å². The van der Waals surface area contributed by atoms with Crippen LogP contribution in [0.25, 0.3) is 10.4 Å². The Morgan fingerprint density at radius 1 is 1.19 bits per heavy atom. The van der Waals surface area contributed by atoms with E-state index in [2.05, 4.69) is 10.3 Å². The standard InChI is InChI=1S/C25H34N2O4S/c1-14(25(3,4)5)22(30)19-10-18(29)11-20(19)24(31)27-21(12-28)16-6-8-17(9-7-16)23-15(2)26-13-32-23/h6-9,13-14,18-21,28-29H,10-12H2,1-5H3,(H,27,31)/t14-,18+,19?,20-,21+/m1/s1. The summed E-state index contributed by atoms with van der Waals surface area (Å²) in [6, 6.07) is 7.13. The van der Waals surface area contributed by atoms with Crippen molar-refractivity contribution in [3.8, 4) is 10.4 Å². The van der Waals surface area contributed by atoms with E-state index in [4.69, 9.17) is 0 Å². The van der Waals surface area contributed by atoms with Crippen molar-refractivity contribution in [3.05, 3.63) is 41.0 Å². The average molecular weight is 459 g/mol. The second kappa shape index (κ2) is 9.81. The van der Waals surface area contributed by atoms with E-state index in [9.17, 15) is 19.8 Å². The molecule has 0 saturated heterocycles. The molecule has 7 heteroatoms. The van der Waals surface area contributed by atoms with E-state index in [1.165, 1.54) is 0 Å². The van der Waals surface area contributed by atoms with Gasteiger partial charge in [-0.05, 0) is 36.3 Å². The first-order valence-electron chi connectivity index (χ1n) is 11.2. The van der Waals surface area contributed by atoms with Gasteiger partial charge in [0.2, 0.25) is 5.91 Å². The van der Waals surface area contributed by atoms with Gasteiger partial charge in [0, 0.05) is 11.8 Å². The minimum atomic E-state index is -0.665. The van der Waals surface area contributed by atoms with Crippen LogP contribution in [0.2, 0.25) is 0 Å². The highest BCUT2D eigenvalue weighted by atomic mass is 32.1. The molecule has 174 valence electrons. The SMILES string of the molecule is Cc1ncsc1-c1ccc([C@H](CO)NC(=O)[C@@H]2C[C@@H](O)CC2C(=O)[C@@H](C)C(C)(C)C)cc1. The van der Waals surface area contributed by atoms with Gasteiger partial charge in [-0.3, -0.25) is 9.59 Å². The Morgan fingerprint density at radius 3 is 2.34 bits per heavy atom. The quantitative estimate of drug-likeness (QED) is 0.584. The summed E-state index contributed by atoms with van der Waals surface area (Å²) in [6.45, 7) is 9.63. The number of carbonyl (C=O) groups is 2. The molecule has 1 aliphatic rings. The number of rotatable bonds is 7. The normalized spacial score (nSPS) is 23.0. The lowest BCUT2D eigenvalue weighted by Gasteiger charge is -2.30. The minimum absolute atomic E-state index is 0.0269. The Kier molecular flexibility index (Phi) is 7.53. The van der Waals surface area contributed by atoms with E-state index in [1.54, 1.807) is 11.3 Å². The van der Waals surface area contributed by atoms with Gasteiger partial charge < -0.3 is 15.5 Å². The summed E-state index contributed by atoms with van der Waals surface area (Å²) in [4.78, 5) is 31.6. The highest BCUT2D eigenvalue weighted by Gasteiger charge is 2.45. The summed E-state index contributed by atoms with van der Waals surface area (Å²) in [5.41, 5.74) is 4.39. The van der Waals surface area contributed by atoms with Gasteiger partial charge in [0.1, 0.15) is 5.78 Å². The minimum Gasteiger partial charge on any atom is -0.394 e. The predicted octanol–water partition coefficient (Wildman–Crippen LogP) is 3.91. The van der Waals surface area contributed by atoms with Gasteiger partial charge in [0.25, 0.3) is 0 Å². The smallest absolute Gasteiger partial charge is 0.224 e. The molecule has 1 aromatic heterocycles. The number of aryl methyl sites for hydroxylation is 1. The van der Waals surface area contributed by atoms with Crippen LogP contribution in [-0.4, -0.2) is 39.6 Å². The first-order valence-corrected chi connectivity index (χ1v) is 12.0. The van der Waals surface area contributed by atoms with Crippen molar-refractivity contribution in [1.29, 1.82) is 0 Å². The van der Waals surface area contributed by atoms with Gasteiger partial charge in [-0.2, -0.15) is 0 Å². The number of thiazole rings is 1. The number of aliphatic hydroxyl groups is 2. The third kappa shape index (κ3) is 5.27. The average Bonchev–Trinajstić information content (AvgIpc) is 3.35. The molecular weight excluding hydrogens is 424 g/mol. The third-order valence-electron chi connectivity index (χ3n) is 6.79. The summed E-state index contributed by atoms with van der Waals surface area (Å²) in [7, 11) is 0. The lowest BCUT2D eigenvalue weighted by Crippen LogP contribution is -2.41. The van der Waals surface area contributed by atoms with E-state index in [0.29, 0.717) is 6.42 Å². The van der Waals surface area contributed by atoms with Crippen molar-refractivity contribution in [2.24, 2.45) is 23.2 Å². The summed E-state index contributed by atoms with van der Waals surface area (Å²) in [6.07, 6.45) is -0.0911. The fourth-order valence-corrected chi connectivity index (χ4v) is 5.13. The number of amides is 1. The topological polar surface area (TPSA) is 99.5 Å². The molecule has 0 radical (unpaired) electrons. The molecule has 1 fully saturated rings. The van der Waals surface area contributed by atoms with E-state index in [0.717, 1.165) is 21.7 Å². The van der Waals surface area contributed by atoms with E-state index >= 15 is 0 Å². The second-order valence-corrected chi connectivity index (χ2v) is 10.8. The van der Waals surface area contributed by atoms with Crippen LogP contribution in [-0.2, 0) is 9.59 Å². The molecule has 1 amide bonds. The van der Waals surface area contributed by atoms with E-state index in [1.807, 2.05) is 64.4 Å². The highest BCUT2D eigenvalue weighted by molar-refractivity contribution is 7.13. The molecule has 0 bridgehead atoms. The summed E-state index contributed by atoms with van der Waals surface area (Å²) < 4.78 is 0. The largest absolute Gasteiger partial charge is 0.394 e. The molecule has 1 saturated carbocycles. The first-order chi connectivity index (χ1) is 15.0. The van der Waals surface area contributed by atoms with Crippen molar-refractivity contribution >= 4 is 23.0 Å². The van der Waals surface area contributed by atoms with Gasteiger partial charge in [0.15, 0.2) is 0 Å². The molecule has 1 heterocycles. The van der Waals surface area contributed by atoms with Crippen LogP contribution >= 0.6 is 11.3 Å². The Hall–Kier alpha value is -2.09. The molecule has 3 rings (SSSR count). The summed E-state index contributed by atoms with van der Waals surface area (Å²) in [5.74, 6) is -1.57. The maximum Gasteiger partial charge on any atom is 0.224 e. The monoisotopic (exact) mass is 458 g/mol. The van der Waals surface area contributed by atoms with Crippen LogP contribution in [0.1, 0.15) is 57.8 Å². The zero-order chi connectivity index (χ0) is 23.6. The number of Topliss-reactive ketones (excluding diaryl/α,β-unsaturated/α-hetero) is 1. The number of nitrogens with one attached hydrogen (secondary N) is 1. The van der Waals surface area contributed by atoms with Crippen molar-refractivity contribution in [3.63, 3.8) is 0 Å². The first kappa shape index (κ1) is 24.6. The summed E-state index contributed by atoms with van der Waals surface area (Å²) >= 11 is 1.57. The third-order valence-corrected chi connectivity index (χ3v) is 7.76. The van der Waals surface area contributed by atoms with Crippen molar-refractivity contribution < 1.29 is 19.8 Å². The molecule has 1 unspecified atom stereocenters. The number of nitrogens with zero attached hydrogens (tertiary/aromatic N) is 1. The Morgan fingerprint density at radius 2 is 1.81 bits per heavy atom. The van der Waals surface area contributed by atoms with Crippen molar-refractivity contribution in [2.45, 2.75) is 59.6 Å². The van der Waals surface area contributed by atoms with Crippen LogP contribution in [0.4, 0.5) is 0 Å². The Bertz CT molecular complexity index is 948. The number of hydrogen-bond acceptors (Lipinski definition) is 6. The molecule has 6 nitrogen and oxygen atoms in total. The Balaban J connectivity index is 1.73. The number of aliphatic hydroxyl groups excluding tert-OH is 2. The van der Waals surface area contributed by atoms with Gasteiger partial charge in [-0.15, -0.1) is 11.3 Å². The molecule has 2 aromatic rings. The van der Waals surface area contributed by atoms with Gasteiger partial charge >= 0.3 is 0 Å². The highest BCUT2D eigenvalue weighted by Crippen LogP contribution is 2.39. The second-order valence-electron chi connectivity index (χ2n) is 9.96. The molecular formula is C25H34N2O4S. The maximum absolute atomic E-state index is 13.1. The number of benzene rings is 1. The van der Waals surface area contributed by atoms with Gasteiger partial charge in [0.05, 0.1) is 40.8 Å². The summed E-state index contributed by atoms with van der Waals surface area (Å²) in [5, 5.41) is 23.1. The van der Waals surface area contributed by atoms with E-state index in [-0.39, 0.29) is 36.1 Å². The number of hydrogen-bond donors (Lipinski definition) is 3. The van der Waals surface area contributed by atoms with E-state index < -0.39 is 24.0 Å². The molecule has 0 aliphatic heterocycles. The maximum atomic E-state index is 13.1. The molecule has 1 aromatic carbocycles. The number of ketones is 1. The molecule has 1 aliphatic carbocycles. The number of carbonyl (C=O) groups excluding carboxylic acids is 2. The lowest BCUT2D eigenvalue weighted by molar-refractivity contribution is -0.136. The molecule has 32 heavy (non-hydrogen) atoms. The molecule has 5 atom stereocenters. The van der Waals surface area contributed by atoms with Crippen LogP contribution in [0.5, 0.6) is 0 Å². The van der Waals surface area contributed by atoms with Crippen LogP contribution in [0, 0.1) is 30.1 Å². The zero-order valence-corrected chi connectivity index (χ0v) is 20.3.